The molecule has 1 atom stereocenters. The first-order chi connectivity index (χ1) is 8.58. The molecule has 7 nitrogen and oxygen atoms in total. The standard InChI is InChI=1S/C11H16N2O5/c1-3-7(9(14)15)5-12-11-13-8(6-18-11)10(16)17-4-2/h6-7H,3-5H2,1-2H3,(H,12,13)(H,14,15). The average Bonchev–Trinajstić information content (AvgIpc) is 2.78. The SMILES string of the molecule is CCOC(=O)c1coc(NCC(CC)C(=O)O)n1. The van der Waals surface area contributed by atoms with Crippen molar-refractivity contribution in [2.24, 2.45) is 5.92 Å². The lowest BCUT2D eigenvalue weighted by molar-refractivity contribution is -0.141. The van der Waals surface area contributed by atoms with E-state index in [0.29, 0.717) is 6.42 Å². The summed E-state index contributed by atoms with van der Waals surface area (Å²) in [5.74, 6) is -1.98. The van der Waals surface area contributed by atoms with Gasteiger partial charge in [-0.2, -0.15) is 4.98 Å². The Bertz CT molecular complexity index is 415. The summed E-state index contributed by atoms with van der Waals surface area (Å²) < 4.78 is 9.73. The van der Waals surface area contributed by atoms with Crippen LogP contribution in [-0.2, 0) is 9.53 Å². The topological polar surface area (TPSA) is 102 Å². The Morgan fingerprint density at radius 2 is 2.28 bits per heavy atom. The fraction of sp³-hybridized carbons (Fsp3) is 0.545. The Morgan fingerprint density at radius 1 is 1.56 bits per heavy atom. The molecular weight excluding hydrogens is 240 g/mol. The number of ether oxygens (including phenoxy) is 1. The predicted molar refractivity (Wildman–Crippen MR) is 62.4 cm³/mol. The van der Waals surface area contributed by atoms with Gasteiger partial charge in [0.1, 0.15) is 6.26 Å². The number of aliphatic carboxylic acids is 1. The van der Waals surface area contributed by atoms with Crippen molar-refractivity contribution in [2.45, 2.75) is 20.3 Å². The summed E-state index contributed by atoms with van der Waals surface area (Å²) in [6.07, 6.45) is 1.66. The third kappa shape index (κ3) is 3.76. The second-order valence-electron chi connectivity index (χ2n) is 3.58. The molecule has 0 spiro atoms. The molecule has 0 fully saturated rings. The highest BCUT2D eigenvalue weighted by atomic mass is 16.5. The van der Waals surface area contributed by atoms with Crippen molar-refractivity contribution in [3.63, 3.8) is 0 Å². The molecule has 7 heteroatoms. The number of rotatable bonds is 7. The monoisotopic (exact) mass is 256 g/mol. The zero-order valence-electron chi connectivity index (χ0n) is 10.3. The third-order valence-electron chi connectivity index (χ3n) is 2.33. The molecule has 0 aliphatic heterocycles. The Hall–Kier alpha value is -2.05. The van der Waals surface area contributed by atoms with Crippen molar-refractivity contribution in [1.82, 2.24) is 4.98 Å². The van der Waals surface area contributed by atoms with Gasteiger partial charge < -0.3 is 19.6 Å². The molecule has 0 aliphatic carbocycles. The van der Waals surface area contributed by atoms with E-state index >= 15 is 0 Å². The molecule has 1 rings (SSSR count). The molecule has 0 radical (unpaired) electrons. The minimum Gasteiger partial charge on any atom is -0.481 e. The van der Waals surface area contributed by atoms with E-state index in [2.05, 4.69) is 10.3 Å². The highest BCUT2D eigenvalue weighted by Crippen LogP contribution is 2.10. The first-order valence-corrected chi connectivity index (χ1v) is 5.67. The van der Waals surface area contributed by atoms with Gasteiger partial charge in [0.25, 0.3) is 6.01 Å². The lowest BCUT2D eigenvalue weighted by Crippen LogP contribution is -2.22. The van der Waals surface area contributed by atoms with Crippen LogP contribution in [-0.4, -0.2) is 35.2 Å². The van der Waals surface area contributed by atoms with Crippen LogP contribution in [0.2, 0.25) is 0 Å². The maximum absolute atomic E-state index is 11.3. The van der Waals surface area contributed by atoms with Gasteiger partial charge in [-0.1, -0.05) is 6.92 Å². The summed E-state index contributed by atoms with van der Waals surface area (Å²) in [6.45, 7) is 3.91. The van der Waals surface area contributed by atoms with Crippen LogP contribution in [0, 0.1) is 5.92 Å². The summed E-state index contributed by atoms with van der Waals surface area (Å²) in [7, 11) is 0. The van der Waals surface area contributed by atoms with E-state index in [1.54, 1.807) is 13.8 Å². The largest absolute Gasteiger partial charge is 0.481 e. The summed E-state index contributed by atoms with van der Waals surface area (Å²) in [4.78, 5) is 25.9. The van der Waals surface area contributed by atoms with Crippen molar-refractivity contribution >= 4 is 18.0 Å². The summed E-state index contributed by atoms with van der Waals surface area (Å²) in [5, 5.41) is 11.6. The van der Waals surface area contributed by atoms with Gasteiger partial charge >= 0.3 is 11.9 Å². The van der Waals surface area contributed by atoms with Gasteiger partial charge in [0.05, 0.1) is 12.5 Å². The quantitative estimate of drug-likeness (QED) is 0.710. The van der Waals surface area contributed by atoms with E-state index in [1.807, 2.05) is 0 Å². The van der Waals surface area contributed by atoms with Gasteiger partial charge in [0.15, 0.2) is 5.69 Å². The second-order valence-corrected chi connectivity index (χ2v) is 3.58. The molecule has 0 amide bonds. The van der Waals surface area contributed by atoms with Crippen molar-refractivity contribution in [1.29, 1.82) is 0 Å². The smallest absolute Gasteiger partial charge is 0.360 e. The molecule has 2 N–H and O–H groups in total. The van der Waals surface area contributed by atoms with Crippen LogP contribution in [0.5, 0.6) is 0 Å². The number of nitrogens with zero attached hydrogens (tertiary/aromatic N) is 1. The lowest BCUT2D eigenvalue weighted by Gasteiger charge is -2.08. The van der Waals surface area contributed by atoms with Crippen LogP contribution in [0.3, 0.4) is 0 Å². The van der Waals surface area contributed by atoms with Gasteiger partial charge in [0.2, 0.25) is 0 Å². The number of hydrogen-bond acceptors (Lipinski definition) is 6. The van der Waals surface area contributed by atoms with E-state index in [0.717, 1.165) is 0 Å². The predicted octanol–water partition coefficient (Wildman–Crippen LogP) is 1.37. The molecule has 0 aromatic carbocycles. The Kier molecular flexibility index (Phi) is 5.16. The summed E-state index contributed by atoms with van der Waals surface area (Å²) >= 11 is 0. The first-order valence-electron chi connectivity index (χ1n) is 5.67. The van der Waals surface area contributed by atoms with Gasteiger partial charge in [-0.15, -0.1) is 0 Å². The van der Waals surface area contributed by atoms with Crippen molar-refractivity contribution in [2.75, 3.05) is 18.5 Å². The van der Waals surface area contributed by atoms with Crippen LogP contribution in [0.4, 0.5) is 6.01 Å². The van der Waals surface area contributed by atoms with E-state index in [9.17, 15) is 9.59 Å². The molecule has 1 unspecified atom stereocenters. The second kappa shape index (κ2) is 6.63. The van der Waals surface area contributed by atoms with Crippen LogP contribution in [0.25, 0.3) is 0 Å². The van der Waals surface area contributed by atoms with Gasteiger partial charge in [-0.3, -0.25) is 4.79 Å². The molecule has 1 aromatic heterocycles. The summed E-state index contributed by atoms with van der Waals surface area (Å²) in [6, 6.07) is 0.109. The number of carbonyl (C=O) groups is 2. The number of carboxylic acid groups (broad SMARTS) is 1. The highest BCUT2D eigenvalue weighted by molar-refractivity contribution is 5.87. The van der Waals surface area contributed by atoms with Crippen LogP contribution >= 0.6 is 0 Å². The van der Waals surface area contributed by atoms with Crippen molar-refractivity contribution < 1.29 is 23.8 Å². The Labute approximate surface area is 104 Å². The molecule has 1 heterocycles. The Morgan fingerprint density at radius 3 is 2.83 bits per heavy atom. The van der Waals surface area contributed by atoms with Crippen LogP contribution in [0.1, 0.15) is 30.8 Å². The molecule has 0 bridgehead atoms. The number of hydrogen-bond donors (Lipinski definition) is 2. The number of oxazole rings is 1. The normalized spacial score (nSPS) is 11.9. The van der Waals surface area contributed by atoms with E-state index in [1.165, 1.54) is 6.26 Å². The lowest BCUT2D eigenvalue weighted by atomic mass is 10.1. The van der Waals surface area contributed by atoms with Crippen molar-refractivity contribution in [3.8, 4) is 0 Å². The fourth-order valence-corrected chi connectivity index (χ4v) is 1.27. The summed E-state index contributed by atoms with van der Waals surface area (Å²) in [5.41, 5.74) is 0.0581. The number of aromatic nitrogens is 1. The first kappa shape index (κ1) is 14.0. The minimum absolute atomic E-state index is 0.0581. The number of nitrogens with one attached hydrogen (secondary N) is 1. The molecule has 100 valence electrons. The van der Waals surface area contributed by atoms with Crippen LogP contribution < -0.4 is 5.32 Å². The number of anilines is 1. The minimum atomic E-state index is -0.887. The van der Waals surface area contributed by atoms with Crippen LogP contribution in [0.15, 0.2) is 10.7 Å². The maximum Gasteiger partial charge on any atom is 0.360 e. The molecule has 0 saturated carbocycles. The highest BCUT2D eigenvalue weighted by Gasteiger charge is 2.17. The van der Waals surface area contributed by atoms with E-state index in [4.69, 9.17) is 14.3 Å². The zero-order chi connectivity index (χ0) is 13.5. The fourth-order valence-electron chi connectivity index (χ4n) is 1.27. The number of carbonyl (C=O) groups excluding carboxylic acids is 1. The van der Waals surface area contributed by atoms with E-state index < -0.39 is 17.9 Å². The Balaban J connectivity index is 2.54. The molecule has 0 aliphatic rings. The zero-order valence-corrected chi connectivity index (χ0v) is 10.3. The molecular formula is C11H16N2O5. The van der Waals surface area contributed by atoms with Crippen molar-refractivity contribution in [3.05, 3.63) is 12.0 Å². The van der Waals surface area contributed by atoms with Gasteiger partial charge in [0, 0.05) is 6.54 Å². The molecule has 0 saturated heterocycles. The maximum atomic E-state index is 11.3. The third-order valence-corrected chi connectivity index (χ3v) is 2.33. The number of esters is 1. The van der Waals surface area contributed by atoms with Gasteiger partial charge in [-0.25, -0.2) is 4.79 Å². The van der Waals surface area contributed by atoms with Gasteiger partial charge in [-0.05, 0) is 13.3 Å². The number of carboxylic acids is 1. The average molecular weight is 256 g/mol. The molecule has 1 aromatic rings. The van der Waals surface area contributed by atoms with E-state index in [-0.39, 0.29) is 24.9 Å². The molecule has 18 heavy (non-hydrogen) atoms.